The lowest BCUT2D eigenvalue weighted by Crippen LogP contribution is -1.76. The Hall–Kier alpha value is 0.180. The van der Waals surface area contributed by atoms with E-state index in [-0.39, 0.29) is 0 Å². The summed E-state index contributed by atoms with van der Waals surface area (Å²) in [4.78, 5) is 0. The van der Waals surface area contributed by atoms with Crippen LogP contribution in [0.1, 0.15) is 5.56 Å². The number of halogens is 3. The molecule has 0 N–H and O–H groups in total. The lowest BCUT2D eigenvalue weighted by molar-refractivity contribution is 1.64. The van der Waals surface area contributed by atoms with Crippen LogP contribution in [0.4, 0.5) is 0 Å². The molecule has 1 aromatic carbocycles. The van der Waals surface area contributed by atoms with Crippen LogP contribution < -0.4 is 0 Å². The van der Waals surface area contributed by atoms with Gasteiger partial charge in [-0.2, -0.15) is 12.6 Å². The molecule has 0 atom stereocenters. The minimum absolute atomic E-state index is 0.395. The fraction of sp³-hybridized carbons (Fsp3) is 0.111. The number of thiol groups is 1. The van der Waals surface area contributed by atoms with Gasteiger partial charge in [0, 0.05) is 5.75 Å². The first-order valence-electron chi connectivity index (χ1n) is 3.57. The second-order valence-electron chi connectivity index (χ2n) is 2.38. The summed E-state index contributed by atoms with van der Waals surface area (Å²) >= 11 is 21.5. The van der Waals surface area contributed by atoms with Crippen LogP contribution in [0.15, 0.2) is 18.2 Å². The van der Waals surface area contributed by atoms with Gasteiger partial charge in [0.25, 0.3) is 0 Å². The summed E-state index contributed by atoms with van der Waals surface area (Å²) in [5.74, 6) is 0.678. The summed E-state index contributed by atoms with van der Waals surface area (Å²) in [6, 6.07) is 3.52. The van der Waals surface area contributed by atoms with Crippen molar-refractivity contribution in [1.82, 2.24) is 0 Å². The standard InChI is InChI=1S/C9H7Cl3S/c10-7-4-6(2-1-3-13)5-8(11)9(7)12/h1-2,4-5,13H,3H2. The Kier molecular flexibility index (Phi) is 4.47. The molecule has 0 bridgehead atoms. The summed E-state index contributed by atoms with van der Waals surface area (Å²) in [7, 11) is 0. The minimum Gasteiger partial charge on any atom is -0.175 e. The highest BCUT2D eigenvalue weighted by molar-refractivity contribution is 7.80. The van der Waals surface area contributed by atoms with Crippen molar-refractivity contribution in [2.24, 2.45) is 0 Å². The summed E-state index contributed by atoms with van der Waals surface area (Å²) in [6.07, 6.45) is 3.79. The SMILES string of the molecule is SCC=Cc1cc(Cl)c(Cl)c(Cl)c1. The Bertz CT molecular complexity index is 311. The zero-order valence-electron chi connectivity index (χ0n) is 6.60. The topological polar surface area (TPSA) is 0 Å². The molecule has 0 unspecified atom stereocenters. The summed E-state index contributed by atoms with van der Waals surface area (Å²) in [6.45, 7) is 0. The maximum absolute atomic E-state index is 5.83. The van der Waals surface area contributed by atoms with Crippen molar-refractivity contribution in [3.63, 3.8) is 0 Å². The van der Waals surface area contributed by atoms with E-state index in [2.05, 4.69) is 12.6 Å². The Morgan fingerprint density at radius 1 is 1.15 bits per heavy atom. The molecule has 0 heterocycles. The third kappa shape index (κ3) is 3.10. The molecule has 0 radical (unpaired) electrons. The molecule has 0 nitrogen and oxygen atoms in total. The molecule has 1 aromatic rings. The van der Waals surface area contributed by atoms with Gasteiger partial charge in [-0.15, -0.1) is 0 Å². The Balaban J connectivity index is 3.06. The fourth-order valence-electron chi connectivity index (χ4n) is 0.860. The molecule has 13 heavy (non-hydrogen) atoms. The first kappa shape index (κ1) is 11.3. The molecule has 0 aliphatic heterocycles. The third-order valence-corrected chi connectivity index (χ3v) is 2.83. The van der Waals surface area contributed by atoms with E-state index < -0.39 is 0 Å². The van der Waals surface area contributed by atoms with E-state index >= 15 is 0 Å². The van der Waals surface area contributed by atoms with Gasteiger partial charge in [0.2, 0.25) is 0 Å². The van der Waals surface area contributed by atoms with Gasteiger partial charge in [0.05, 0.1) is 15.1 Å². The largest absolute Gasteiger partial charge is 0.175 e. The molecule has 0 amide bonds. The van der Waals surface area contributed by atoms with Gasteiger partial charge >= 0.3 is 0 Å². The van der Waals surface area contributed by atoms with E-state index in [1.807, 2.05) is 12.2 Å². The second-order valence-corrected chi connectivity index (χ2v) is 3.94. The van der Waals surface area contributed by atoms with E-state index in [9.17, 15) is 0 Å². The third-order valence-electron chi connectivity index (χ3n) is 1.42. The van der Waals surface area contributed by atoms with Crippen LogP contribution >= 0.6 is 47.4 Å². The normalized spacial score (nSPS) is 11.1. The molecule has 1 rings (SSSR count). The van der Waals surface area contributed by atoms with Crippen molar-refractivity contribution in [3.8, 4) is 0 Å². The summed E-state index contributed by atoms with van der Waals surface area (Å²) in [5, 5.41) is 1.33. The molecule has 4 heteroatoms. The number of benzene rings is 1. The predicted octanol–water partition coefficient (Wildman–Crippen LogP) is 4.59. The maximum atomic E-state index is 5.83. The van der Waals surface area contributed by atoms with Crippen LogP contribution in [0.3, 0.4) is 0 Å². The van der Waals surface area contributed by atoms with Gasteiger partial charge < -0.3 is 0 Å². The maximum Gasteiger partial charge on any atom is 0.0778 e. The Morgan fingerprint density at radius 2 is 1.69 bits per heavy atom. The van der Waals surface area contributed by atoms with Gasteiger partial charge in [-0.05, 0) is 17.7 Å². The van der Waals surface area contributed by atoms with Crippen molar-refractivity contribution in [2.75, 3.05) is 5.75 Å². The fourth-order valence-corrected chi connectivity index (χ4v) is 1.58. The molecule has 70 valence electrons. The molecule has 0 aliphatic rings. The second kappa shape index (κ2) is 5.16. The lowest BCUT2D eigenvalue weighted by atomic mass is 10.2. The lowest BCUT2D eigenvalue weighted by Gasteiger charge is -2.00. The molecule has 0 saturated heterocycles. The van der Waals surface area contributed by atoms with Crippen LogP contribution in [0.25, 0.3) is 6.08 Å². The van der Waals surface area contributed by atoms with Gasteiger partial charge in [0.1, 0.15) is 0 Å². The van der Waals surface area contributed by atoms with Crippen LogP contribution in [0.2, 0.25) is 15.1 Å². The number of hydrogen-bond donors (Lipinski definition) is 1. The average Bonchev–Trinajstić information content (AvgIpc) is 2.10. The smallest absolute Gasteiger partial charge is 0.0778 e. The van der Waals surface area contributed by atoms with Crippen molar-refractivity contribution < 1.29 is 0 Å². The highest BCUT2D eigenvalue weighted by Crippen LogP contribution is 2.31. The monoisotopic (exact) mass is 252 g/mol. The van der Waals surface area contributed by atoms with Crippen molar-refractivity contribution in [3.05, 3.63) is 38.8 Å². The van der Waals surface area contributed by atoms with Gasteiger partial charge in [-0.1, -0.05) is 47.0 Å². The van der Waals surface area contributed by atoms with Gasteiger partial charge in [-0.25, -0.2) is 0 Å². The molecule has 0 fully saturated rings. The molecule has 0 aliphatic carbocycles. The first-order chi connectivity index (χ1) is 6.15. The van der Waals surface area contributed by atoms with Crippen LogP contribution in [0, 0.1) is 0 Å². The van der Waals surface area contributed by atoms with E-state index in [0.717, 1.165) is 5.56 Å². The molecule has 0 spiro atoms. The van der Waals surface area contributed by atoms with Gasteiger partial charge in [0.15, 0.2) is 0 Å². The highest BCUT2D eigenvalue weighted by atomic mass is 35.5. The van der Waals surface area contributed by atoms with Crippen LogP contribution in [0.5, 0.6) is 0 Å². The van der Waals surface area contributed by atoms with Crippen molar-refractivity contribution in [2.45, 2.75) is 0 Å². The van der Waals surface area contributed by atoms with Gasteiger partial charge in [-0.3, -0.25) is 0 Å². The van der Waals surface area contributed by atoms with Crippen molar-refractivity contribution >= 4 is 53.5 Å². The first-order valence-corrected chi connectivity index (χ1v) is 5.33. The number of rotatable bonds is 2. The zero-order valence-corrected chi connectivity index (χ0v) is 9.76. The molecular weight excluding hydrogens is 247 g/mol. The Labute approximate surface area is 97.9 Å². The van der Waals surface area contributed by atoms with E-state index in [1.54, 1.807) is 12.1 Å². The summed E-state index contributed by atoms with van der Waals surface area (Å²) in [5.41, 5.74) is 0.924. The molecular formula is C9H7Cl3S. The van der Waals surface area contributed by atoms with Crippen molar-refractivity contribution in [1.29, 1.82) is 0 Å². The minimum atomic E-state index is 0.395. The highest BCUT2D eigenvalue weighted by Gasteiger charge is 2.03. The quantitative estimate of drug-likeness (QED) is 0.578. The van der Waals surface area contributed by atoms with Crippen LogP contribution in [-0.2, 0) is 0 Å². The molecule has 0 aromatic heterocycles. The summed E-state index contributed by atoms with van der Waals surface area (Å²) < 4.78 is 0. The molecule has 0 saturated carbocycles. The van der Waals surface area contributed by atoms with E-state index in [0.29, 0.717) is 20.8 Å². The van der Waals surface area contributed by atoms with Crippen LogP contribution in [-0.4, -0.2) is 5.75 Å². The van der Waals surface area contributed by atoms with E-state index in [4.69, 9.17) is 34.8 Å². The van der Waals surface area contributed by atoms with E-state index in [1.165, 1.54) is 0 Å². The average molecular weight is 254 g/mol. The zero-order chi connectivity index (χ0) is 9.84. The number of hydrogen-bond acceptors (Lipinski definition) is 1. The Morgan fingerprint density at radius 3 is 2.15 bits per heavy atom. The predicted molar refractivity (Wildman–Crippen MR) is 64.4 cm³/mol.